The molecule has 0 bridgehead atoms. The molecule has 2 aromatic rings. The van der Waals surface area contributed by atoms with Crippen LogP contribution >= 0.6 is 0 Å². The van der Waals surface area contributed by atoms with Crippen LogP contribution in [0.2, 0.25) is 0 Å². The van der Waals surface area contributed by atoms with Crippen molar-refractivity contribution in [3.8, 4) is 0 Å². The van der Waals surface area contributed by atoms with Crippen molar-refractivity contribution >= 4 is 11.9 Å². The minimum Gasteiger partial charge on any atom is -0.463 e. The van der Waals surface area contributed by atoms with E-state index in [0.29, 0.717) is 26.2 Å². The summed E-state index contributed by atoms with van der Waals surface area (Å²) in [5, 5.41) is 18.8. The Kier molecular flexibility index (Phi) is 9.16. The lowest BCUT2D eigenvalue weighted by Crippen LogP contribution is -2.30. The Morgan fingerprint density at radius 1 is 0.879 bits per heavy atom. The van der Waals surface area contributed by atoms with Gasteiger partial charge in [-0.2, -0.15) is 0 Å². The molecule has 2 fully saturated rings. The van der Waals surface area contributed by atoms with E-state index in [9.17, 15) is 14.7 Å². The Morgan fingerprint density at radius 3 is 1.70 bits per heavy atom. The van der Waals surface area contributed by atoms with E-state index < -0.39 is 23.6 Å². The summed E-state index contributed by atoms with van der Waals surface area (Å²) >= 11 is 0. The molecule has 0 spiro atoms. The first kappa shape index (κ1) is 26.5. The summed E-state index contributed by atoms with van der Waals surface area (Å²) in [6.07, 6.45) is -1.80. The third-order valence-corrected chi connectivity index (χ3v) is 5.73. The van der Waals surface area contributed by atoms with E-state index >= 15 is 0 Å². The fourth-order valence-corrected chi connectivity index (χ4v) is 3.45. The van der Waals surface area contributed by atoms with E-state index in [2.05, 4.69) is 4.74 Å². The van der Waals surface area contributed by atoms with Crippen molar-refractivity contribution in [2.45, 2.75) is 53.0 Å². The molecule has 7 heteroatoms. The van der Waals surface area contributed by atoms with Crippen molar-refractivity contribution in [2.75, 3.05) is 13.2 Å². The van der Waals surface area contributed by atoms with E-state index in [4.69, 9.17) is 10.8 Å². The topological polar surface area (TPSA) is 113 Å². The molecule has 180 valence electrons. The number of rotatable bonds is 3. The second-order valence-electron chi connectivity index (χ2n) is 9.76. The number of cyclic esters (lactones) is 1. The van der Waals surface area contributed by atoms with Crippen LogP contribution in [0.4, 0.5) is 0 Å². The van der Waals surface area contributed by atoms with Gasteiger partial charge in [0.05, 0.1) is 6.61 Å². The summed E-state index contributed by atoms with van der Waals surface area (Å²) in [6.45, 7) is 9.59. The van der Waals surface area contributed by atoms with Gasteiger partial charge in [-0.15, -0.1) is 0 Å². The number of likely N-dealkylation sites (tertiary alicyclic amines) is 1. The Morgan fingerprint density at radius 2 is 1.39 bits per heavy atom. The summed E-state index contributed by atoms with van der Waals surface area (Å²) in [7, 11) is 0. The van der Waals surface area contributed by atoms with Crippen molar-refractivity contribution in [2.24, 2.45) is 16.6 Å². The van der Waals surface area contributed by atoms with Crippen molar-refractivity contribution in [1.29, 1.82) is 0 Å². The number of hydrogen-bond donors (Lipinski definition) is 3. The van der Waals surface area contributed by atoms with Crippen LogP contribution in [0.15, 0.2) is 60.7 Å². The Hall–Kier alpha value is -2.74. The number of carbonyl (C=O) groups excluding carboxylic acids is 2. The van der Waals surface area contributed by atoms with Crippen molar-refractivity contribution in [1.82, 2.24) is 4.90 Å². The van der Waals surface area contributed by atoms with Crippen LogP contribution in [0, 0.1) is 10.8 Å². The van der Waals surface area contributed by atoms with E-state index in [1.54, 1.807) is 18.7 Å². The van der Waals surface area contributed by atoms with Crippen molar-refractivity contribution in [3.05, 3.63) is 71.8 Å². The minimum atomic E-state index is -0.933. The number of ether oxygens (including phenoxy) is 1. The van der Waals surface area contributed by atoms with E-state index in [0.717, 1.165) is 5.56 Å². The Labute approximate surface area is 196 Å². The molecule has 0 aliphatic carbocycles. The van der Waals surface area contributed by atoms with Gasteiger partial charge in [0.2, 0.25) is 0 Å². The quantitative estimate of drug-likeness (QED) is 0.612. The predicted octanol–water partition coefficient (Wildman–Crippen LogP) is 2.49. The monoisotopic (exact) mass is 456 g/mol. The second kappa shape index (κ2) is 11.4. The first-order chi connectivity index (χ1) is 15.5. The molecule has 2 heterocycles. The van der Waals surface area contributed by atoms with Crippen molar-refractivity contribution in [3.63, 3.8) is 0 Å². The van der Waals surface area contributed by atoms with Gasteiger partial charge in [-0.05, 0) is 11.1 Å². The zero-order chi connectivity index (χ0) is 24.6. The van der Waals surface area contributed by atoms with E-state index in [1.807, 2.05) is 74.5 Å². The molecule has 4 N–H and O–H groups in total. The molecule has 4 rings (SSSR count). The van der Waals surface area contributed by atoms with Crippen LogP contribution in [0.3, 0.4) is 0 Å². The van der Waals surface area contributed by atoms with E-state index in [1.165, 1.54) is 5.56 Å². The second-order valence-corrected chi connectivity index (χ2v) is 9.76. The maximum atomic E-state index is 11.8. The molecule has 2 aromatic carbocycles. The van der Waals surface area contributed by atoms with Crippen LogP contribution in [-0.4, -0.2) is 52.3 Å². The number of carbonyl (C=O) groups is 2. The van der Waals surface area contributed by atoms with E-state index in [-0.39, 0.29) is 11.3 Å². The molecule has 2 atom stereocenters. The van der Waals surface area contributed by atoms with Crippen LogP contribution in [0.1, 0.15) is 38.8 Å². The number of benzene rings is 2. The lowest BCUT2D eigenvalue weighted by atomic mass is 9.90. The number of aliphatic hydroxyl groups excluding tert-OH is 2. The largest absolute Gasteiger partial charge is 0.463 e. The van der Waals surface area contributed by atoms with Gasteiger partial charge in [0.25, 0.3) is 5.91 Å². The fourth-order valence-electron chi connectivity index (χ4n) is 3.45. The number of hydrogen-bond acceptors (Lipinski definition) is 6. The molecule has 2 aliphatic rings. The summed E-state index contributed by atoms with van der Waals surface area (Å²) in [6, 6.07) is 19.8. The zero-order valence-electron chi connectivity index (χ0n) is 19.9. The molecule has 2 unspecified atom stereocenters. The SMILES string of the molecule is CC1(C)CN(Cc2ccccc2)C(=O)C1O.CC1(C)COC(=O)C1O.NCc1ccccc1. The average molecular weight is 457 g/mol. The summed E-state index contributed by atoms with van der Waals surface area (Å²) < 4.78 is 4.59. The first-order valence-electron chi connectivity index (χ1n) is 11.1. The van der Waals surface area contributed by atoms with Gasteiger partial charge in [0, 0.05) is 30.5 Å². The third-order valence-electron chi connectivity index (χ3n) is 5.73. The summed E-state index contributed by atoms with van der Waals surface area (Å²) in [5.41, 5.74) is 6.90. The van der Waals surface area contributed by atoms with Gasteiger partial charge in [0.1, 0.15) is 6.10 Å². The number of amides is 1. The van der Waals surface area contributed by atoms with Crippen LogP contribution in [0.5, 0.6) is 0 Å². The maximum absolute atomic E-state index is 11.8. The Balaban J connectivity index is 0.000000192. The van der Waals surface area contributed by atoms with Gasteiger partial charge >= 0.3 is 5.97 Å². The van der Waals surface area contributed by atoms with Crippen LogP contribution in [0.25, 0.3) is 0 Å². The average Bonchev–Trinajstić information content (AvgIpc) is 3.16. The molecule has 2 saturated heterocycles. The smallest absolute Gasteiger partial charge is 0.335 e. The predicted molar refractivity (Wildman–Crippen MR) is 127 cm³/mol. The minimum absolute atomic E-state index is 0.158. The summed E-state index contributed by atoms with van der Waals surface area (Å²) in [5.74, 6) is -0.658. The van der Waals surface area contributed by atoms with Gasteiger partial charge in [-0.1, -0.05) is 88.4 Å². The fraction of sp³-hybridized carbons (Fsp3) is 0.462. The normalized spacial score (nSPS) is 22.6. The highest BCUT2D eigenvalue weighted by Crippen LogP contribution is 2.31. The Bertz CT molecular complexity index is 899. The number of nitrogens with zero attached hydrogens (tertiary/aromatic N) is 1. The van der Waals surface area contributed by atoms with Gasteiger partial charge in [0.15, 0.2) is 6.10 Å². The molecule has 2 aliphatic heterocycles. The third kappa shape index (κ3) is 7.39. The van der Waals surface area contributed by atoms with Gasteiger partial charge < -0.3 is 25.6 Å². The molecule has 0 saturated carbocycles. The lowest BCUT2D eigenvalue weighted by molar-refractivity contribution is -0.145. The first-order valence-corrected chi connectivity index (χ1v) is 11.1. The number of aliphatic hydroxyl groups is 2. The molecular weight excluding hydrogens is 420 g/mol. The summed E-state index contributed by atoms with van der Waals surface area (Å²) in [4.78, 5) is 24.0. The molecular formula is C26H36N2O5. The van der Waals surface area contributed by atoms with Gasteiger partial charge in [-0.25, -0.2) is 4.79 Å². The van der Waals surface area contributed by atoms with Crippen LogP contribution in [-0.2, 0) is 27.4 Å². The highest BCUT2D eigenvalue weighted by atomic mass is 16.6. The molecule has 1 amide bonds. The highest BCUT2D eigenvalue weighted by Gasteiger charge is 2.45. The van der Waals surface area contributed by atoms with Gasteiger partial charge in [-0.3, -0.25) is 4.79 Å². The van der Waals surface area contributed by atoms with Crippen molar-refractivity contribution < 1.29 is 24.5 Å². The molecule has 7 nitrogen and oxygen atoms in total. The molecule has 0 aromatic heterocycles. The van der Waals surface area contributed by atoms with Crippen LogP contribution < -0.4 is 5.73 Å². The maximum Gasteiger partial charge on any atom is 0.335 e. The lowest BCUT2D eigenvalue weighted by Gasteiger charge is -2.20. The highest BCUT2D eigenvalue weighted by molar-refractivity contribution is 5.84. The number of esters is 1. The molecule has 0 radical (unpaired) electrons. The molecule has 33 heavy (non-hydrogen) atoms. The number of nitrogens with two attached hydrogens (primary N) is 1. The zero-order valence-corrected chi connectivity index (χ0v) is 19.9. The standard InChI is InChI=1S/C13H17NO2.C7H9N.C6H10O3/c1-13(2)9-14(12(16)11(13)15)8-10-6-4-3-5-7-10;8-6-7-4-2-1-3-5-7;1-6(2)3-9-5(8)4(6)7/h3-7,11,15H,8-9H2,1-2H3;1-5H,6,8H2;4,7H,3H2,1-2H3.